The van der Waals surface area contributed by atoms with Gasteiger partial charge in [0.1, 0.15) is 11.4 Å². The number of nitrogens with zero attached hydrogens (tertiary/aromatic N) is 5. The Morgan fingerprint density at radius 3 is 2.25 bits per heavy atom. The summed E-state index contributed by atoms with van der Waals surface area (Å²) in [4.78, 5) is 13.1. The smallest absolute Gasteiger partial charge is 0.305 e. The van der Waals surface area contributed by atoms with Crippen LogP contribution in [0.1, 0.15) is 50.7 Å². The molecule has 7 nitrogen and oxygen atoms in total. The van der Waals surface area contributed by atoms with Crippen molar-refractivity contribution in [1.29, 1.82) is 0 Å². The van der Waals surface area contributed by atoms with E-state index in [2.05, 4.69) is 20.7 Å². The Morgan fingerprint density at radius 2 is 1.75 bits per heavy atom. The summed E-state index contributed by atoms with van der Waals surface area (Å²) in [5, 5.41) is 13.7. The first kappa shape index (κ1) is 23.7. The van der Waals surface area contributed by atoms with Gasteiger partial charge in [-0.05, 0) is 51.0 Å². The van der Waals surface area contributed by atoms with E-state index in [0.29, 0.717) is 11.4 Å². The molecule has 3 aromatic rings. The van der Waals surface area contributed by atoms with E-state index in [1.807, 2.05) is 13.8 Å². The Labute approximate surface area is 186 Å². The van der Waals surface area contributed by atoms with Crippen LogP contribution in [-0.4, -0.2) is 30.7 Å². The summed E-state index contributed by atoms with van der Waals surface area (Å²) in [6.45, 7) is 7.89. The van der Waals surface area contributed by atoms with Gasteiger partial charge in [-0.3, -0.25) is 9.48 Å². The van der Waals surface area contributed by atoms with Crippen molar-refractivity contribution in [2.45, 2.75) is 52.3 Å². The minimum absolute atomic E-state index is 0.00167. The van der Waals surface area contributed by atoms with Gasteiger partial charge in [-0.15, -0.1) is 5.10 Å². The number of amides is 1. The predicted molar refractivity (Wildman–Crippen MR) is 110 cm³/mol. The first-order valence-electron chi connectivity index (χ1n) is 9.61. The van der Waals surface area contributed by atoms with Crippen LogP contribution in [0.2, 0.25) is 5.02 Å². The van der Waals surface area contributed by atoms with E-state index in [-0.39, 0.29) is 17.4 Å². The Morgan fingerprint density at radius 1 is 1.16 bits per heavy atom. The standard InChI is InChI=1S/C20H21ClF4N6O/c1-10(2)15-17(27-29-30(15)13-8-6-12(22)7-9-13)26-18(32)19(4,5)31-11(3)14(21)16(28-31)20(23,24)25/h6-10H,1-5H3,(H,26,32). The fraction of sp³-hybridized carbons (Fsp3) is 0.400. The summed E-state index contributed by atoms with van der Waals surface area (Å²) in [5.41, 5.74) is -1.73. The number of nitrogens with one attached hydrogen (secondary N) is 1. The molecule has 1 N–H and O–H groups in total. The van der Waals surface area contributed by atoms with Crippen LogP contribution in [0, 0.1) is 12.7 Å². The third-order valence-electron chi connectivity index (χ3n) is 4.95. The number of hydrogen-bond acceptors (Lipinski definition) is 4. The Balaban J connectivity index is 1.98. The molecule has 1 aromatic carbocycles. The summed E-state index contributed by atoms with van der Waals surface area (Å²) < 4.78 is 55.3. The van der Waals surface area contributed by atoms with Gasteiger partial charge < -0.3 is 5.32 Å². The van der Waals surface area contributed by atoms with E-state index in [1.54, 1.807) is 0 Å². The predicted octanol–water partition coefficient (Wildman–Crippen LogP) is 5.08. The molecule has 172 valence electrons. The normalized spacial score (nSPS) is 12.5. The second kappa shape index (κ2) is 8.19. The molecule has 0 atom stereocenters. The fourth-order valence-electron chi connectivity index (χ4n) is 3.23. The van der Waals surface area contributed by atoms with Crippen molar-refractivity contribution in [3.63, 3.8) is 0 Å². The van der Waals surface area contributed by atoms with E-state index >= 15 is 0 Å². The van der Waals surface area contributed by atoms with Crippen molar-refractivity contribution in [3.8, 4) is 5.69 Å². The van der Waals surface area contributed by atoms with E-state index in [9.17, 15) is 22.4 Å². The number of halogens is 5. The van der Waals surface area contributed by atoms with Crippen LogP contribution >= 0.6 is 11.6 Å². The van der Waals surface area contributed by atoms with Crippen molar-refractivity contribution in [3.05, 3.63) is 52.2 Å². The first-order chi connectivity index (χ1) is 14.7. The molecule has 32 heavy (non-hydrogen) atoms. The zero-order chi connectivity index (χ0) is 24.0. The molecule has 0 spiro atoms. The molecule has 0 bridgehead atoms. The molecule has 0 radical (unpaired) electrons. The van der Waals surface area contributed by atoms with Crippen LogP contribution in [0.5, 0.6) is 0 Å². The molecular weight excluding hydrogens is 452 g/mol. The molecule has 0 unspecified atom stereocenters. The van der Waals surface area contributed by atoms with Crippen molar-refractivity contribution >= 4 is 23.3 Å². The number of rotatable bonds is 5. The van der Waals surface area contributed by atoms with Gasteiger partial charge in [0.15, 0.2) is 11.5 Å². The lowest BCUT2D eigenvalue weighted by Gasteiger charge is -2.25. The average Bonchev–Trinajstić information content (AvgIpc) is 3.24. The highest BCUT2D eigenvalue weighted by Gasteiger charge is 2.42. The quantitative estimate of drug-likeness (QED) is 0.525. The Hall–Kier alpha value is -2.95. The van der Waals surface area contributed by atoms with E-state index in [1.165, 1.54) is 49.7 Å². The van der Waals surface area contributed by atoms with Crippen LogP contribution in [0.15, 0.2) is 24.3 Å². The minimum atomic E-state index is -4.76. The van der Waals surface area contributed by atoms with Crippen LogP contribution < -0.4 is 5.32 Å². The maximum Gasteiger partial charge on any atom is 0.436 e. The molecule has 0 aliphatic rings. The monoisotopic (exact) mass is 472 g/mol. The number of aromatic nitrogens is 5. The molecular formula is C20H21ClF4N6O. The van der Waals surface area contributed by atoms with Gasteiger partial charge in [0.2, 0.25) is 0 Å². The summed E-state index contributed by atoms with van der Waals surface area (Å²) in [5.74, 6) is -1.09. The van der Waals surface area contributed by atoms with Gasteiger partial charge in [-0.2, -0.15) is 18.3 Å². The third kappa shape index (κ3) is 4.21. The van der Waals surface area contributed by atoms with E-state index in [0.717, 1.165) is 4.68 Å². The van der Waals surface area contributed by atoms with Crippen molar-refractivity contribution in [2.75, 3.05) is 5.32 Å². The van der Waals surface area contributed by atoms with Crippen LogP contribution in [0.3, 0.4) is 0 Å². The summed E-state index contributed by atoms with van der Waals surface area (Å²) in [6, 6.07) is 5.56. The maximum absolute atomic E-state index is 13.3. The highest BCUT2D eigenvalue weighted by molar-refractivity contribution is 6.32. The molecule has 2 aromatic heterocycles. The van der Waals surface area contributed by atoms with Crippen LogP contribution in [0.4, 0.5) is 23.4 Å². The number of benzene rings is 1. The van der Waals surface area contributed by atoms with E-state index in [4.69, 9.17) is 11.6 Å². The zero-order valence-electron chi connectivity index (χ0n) is 17.9. The van der Waals surface area contributed by atoms with Crippen molar-refractivity contribution in [1.82, 2.24) is 24.8 Å². The largest absolute Gasteiger partial charge is 0.436 e. The molecule has 0 aliphatic carbocycles. The van der Waals surface area contributed by atoms with Crippen LogP contribution in [0.25, 0.3) is 5.69 Å². The Kier molecular flexibility index (Phi) is 6.07. The SMILES string of the molecule is Cc1c(Cl)c(C(F)(F)F)nn1C(C)(C)C(=O)Nc1nnn(-c2ccc(F)cc2)c1C(C)C. The topological polar surface area (TPSA) is 77.6 Å². The molecule has 0 fully saturated rings. The highest BCUT2D eigenvalue weighted by atomic mass is 35.5. The van der Waals surface area contributed by atoms with Gasteiger partial charge in [-0.1, -0.05) is 30.7 Å². The summed E-state index contributed by atoms with van der Waals surface area (Å²) in [6.07, 6.45) is -4.76. The number of anilines is 1. The van der Waals surface area contributed by atoms with Crippen LogP contribution in [-0.2, 0) is 16.5 Å². The van der Waals surface area contributed by atoms with Gasteiger partial charge in [0.25, 0.3) is 5.91 Å². The number of hydrogen-bond donors (Lipinski definition) is 1. The molecule has 3 rings (SSSR count). The molecule has 1 amide bonds. The summed E-state index contributed by atoms with van der Waals surface area (Å²) in [7, 11) is 0. The maximum atomic E-state index is 13.3. The molecule has 12 heteroatoms. The summed E-state index contributed by atoms with van der Waals surface area (Å²) >= 11 is 5.83. The van der Waals surface area contributed by atoms with Crippen molar-refractivity contribution < 1.29 is 22.4 Å². The lowest BCUT2D eigenvalue weighted by atomic mass is 10.0. The second-order valence-electron chi connectivity index (χ2n) is 8.04. The van der Waals surface area contributed by atoms with Gasteiger partial charge >= 0.3 is 6.18 Å². The number of alkyl halides is 3. The Bertz CT molecular complexity index is 1150. The van der Waals surface area contributed by atoms with Gasteiger partial charge in [0, 0.05) is 0 Å². The lowest BCUT2D eigenvalue weighted by molar-refractivity contribution is -0.142. The first-order valence-corrected chi connectivity index (χ1v) is 9.98. The molecule has 0 aliphatic heterocycles. The molecule has 2 heterocycles. The number of carbonyl (C=O) groups excluding carboxylic acids is 1. The zero-order valence-corrected chi connectivity index (χ0v) is 18.7. The molecule has 0 saturated heterocycles. The third-order valence-corrected chi connectivity index (χ3v) is 5.40. The van der Waals surface area contributed by atoms with Crippen molar-refractivity contribution in [2.24, 2.45) is 0 Å². The highest BCUT2D eigenvalue weighted by Crippen LogP contribution is 2.37. The molecule has 0 saturated carbocycles. The average molecular weight is 473 g/mol. The second-order valence-corrected chi connectivity index (χ2v) is 8.41. The lowest BCUT2D eigenvalue weighted by Crippen LogP contribution is -2.42. The fourth-order valence-corrected chi connectivity index (χ4v) is 3.46. The van der Waals surface area contributed by atoms with Gasteiger partial charge in [0.05, 0.1) is 22.1 Å². The number of carbonyl (C=O) groups is 1. The minimum Gasteiger partial charge on any atom is -0.305 e. The van der Waals surface area contributed by atoms with E-state index < -0.39 is 34.2 Å². The van der Waals surface area contributed by atoms with Gasteiger partial charge in [-0.25, -0.2) is 9.07 Å².